The van der Waals surface area contributed by atoms with E-state index in [1.807, 2.05) is 0 Å². The van der Waals surface area contributed by atoms with E-state index < -0.39 is 5.82 Å². The molecule has 0 N–H and O–H groups in total. The van der Waals surface area contributed by atoms with Gasteiger partial charge in [0.25, 0.3) is 0 Å². The average Bonchev–Trinajstić information content (AvgIpc) is 2.09. The number of ether oxygens (including phenoxy) is 1. The molecule has 0 amide bonds. The number of alkyl halides is 1. The molecule has 1 aromatic carbocycles. The average molecular weight is 209 g/mol. The molecule has 0 aliphatic rings. The number of methoxy groups -OCH3 is 1. The molecule has 66 valence electrons. The van der Waals surface area contributed by atoms with Crippen LogP contribution in [0.1, 0.15) is 5.56 Å². The van der Waals surface area contributed by atoms with Crippen LogP contribution in [0.15, 0.2) is 12.1 Å². The van der Waals surface area contributed by atoms with Crippen LogP contribution in [0.3, 0.4) is 0 Å². The van der Waals surface area contributed by atoms with Gasteiger partial charge in [-0.1, -0.05) is 11.6 Å². The van der Waals surface area contributed by atoms with Gasteiger partial charge in [-0.05, 0) is 17.7 Å². The third-order valence-electron chi connectivity index (χ3n) is 1.43. The Kier molecular flexibility index (Phi) is 3.18. The lowest BCUT2D eigenvalue weighted by Crippen LogP contribution is -1.91. The van der Waals surface area contributed by atoms with Gasteiger partial charge in [-0.3, -0.25) is 0 Å². The van der Waals surface area contributed by atoms with Crippen LogP contribution in [0, 0.1) is 5.82 Å². The first kappa shape index (κ1) is 9.62. The van der Waals surface area contributed by atoms with Crippen LogP contribution in [0.4, 0.5) is 4.39 Å². The Bertz CT molecular complexity index is 289. The fourth-order valence-corrected chi connectivity index (χ4v) is 1.23. The SMILES string of the molecule is COc1cc(CCl)cc(Cl)c1F. The van der Waals surface area contributed by atoms with Gasteiger partial charge in [-0.15, -0.1) is 11.6 Å². The minimum atomic E-state index is -0.548. The van der Waals surface area contributed by atoms with Crippen molar-refractivity contribution in [3.05, 3.63) is 28.5 Å². The van der Waals surface area contributed by atoms with Gasteiger partial charge in [0.1, 0.15) is 0 Å². The monoisotopic (exact) mass is 208 g/mol. The zero-order chi connectivity index (χ0) is 9.14. The Morgan fingerprint density at radius 2 is 2.17 bits per heavy atom. The minimum Gasteiger partial charge on any atom is -0.494 e. The van der Waals surface area contributed by atoms with Crippen LogP contribution >= 0.6 is 23.2 Å². The van der Waals surface area contributed by atoms with Gasteiger partial charge in [0, 0.05) is 5.88 Å². The molecule has 0 spiro atoms. The largest absolute Gasteiger partial charge is 0.494 e. The van der Waals surface area contributed by atoms with E-state index in [0.717, 1.165) is 5.56 Å². The number of benzene rings is 1. The second-order valence-electron chi connectivity index (χ2n) is 2.23. The van der Waals surface area contributed by atoms with Crippen LogP contribution in [-0.2, 0) is 5.88 Å². The molecule has 0 bridgehead atoms. The lowest BCUT2D eigenvalue weighted by atomic mass is 10.2. The second kappa shape index (κ2) is 3.97. The molecule has 0 atom stereocenters. The molecule has 0 saturated heterocycles. The molecule has 1 nitrogen and oxygen atoms in total. The van der Waals surface area contributed by atoms with Crippen molar-refractivity contribution >= 4 is 23.2 Å². The third kappa shape index (κ3) is 1.82. The quantitative estimate of drug-likeness (QED) is 0.679. The highest BCUT2D eigenvalue weighted by atomic mass is 35.5. The molecular formula is C8H7Cl2FO. The Labute approximate surface area is 80.0 Å². The molecule has 1 aromatic rings. The zero-order valence-electron chi connectivity index (χ0n) is 6.40. The normalized spacial score (nSPS) is 10.0. The Morgan fingerprint density at radius 1 is 1.50 bits per heavy atom. The first-order chi connectivity index (χ1) is 5.69. The summed E-state index contributed by atoms with van der Waals surface area (Å²) < 4.78 is 17.8. The predicted molar refractivity (Wildman–Crippen MR) is 47.5 cm³/mol. The van der Waals surface area contributed by atoms with Gasteiger partial charge in [0.15, 0.2) is 11.6 Å². The van der Waals surface area contributed by atoms with E-state index in [9.17, 15) is 4.39 Å². The van der Waals surface area contributed by atoms with Gasteiger partial charge in [0.05, 0.1) is 12.1 Å². The Hall–Kier alpha value is -0.470. The second-order valence-corrected chi connectivity index (χ2v) is 2.90. The molecule has 0 aromatic heterocycles. The maximum absolute atomic E-state index is 13.0. The van der Waals surface area contributed by atoms with Crippen LogP contribution in [0.2, 0.25) is 5.02 Å². The van der Waals surface area contributed by atoms with Crippen molar-refractivity contribution in [1.82, 2.24) is 0 Å². The van der Waals surface area contributed by atoms with Crippen LogP contribution in [0.5, 0.6) is 5.75 Å². The summed E-state index contributed by atoms with van der Waals surface area (Å²) in [5.41, 5.74) is 0.736. The van der Waals surface area contributed by atoms with E-state index in [2.05, 4.69) is 0 Å². The Morgan fingerprint density at radius 3 is 2.67 bits per heavy atom. The van der Waals surface area contributed by atoms with Crippen molar-refractivity contribution in [2.75, 3.05) is 7.11 Å². The number of hydrogen-bond donors (Lipinski definition) is 0. The first-order valence-corrected chi connectivity index (χ1v) is 4.18. The van der Waals surface area contributed by atoms with Gasteiger partial charge < -0.3 is 4.74 Å². The molecule has 0 fully saturated rings. The fraction of sp³-hybridized carbons (Fsp3) is 0.250. The van der Waals surface area contributed by atoms with Crippen molar-refractivity contribution in [1.29, 1.82) is 0 Å². The molecule has 0 unspecified atom stereocenters. The number of halogens is 3. The van der Waals surface area contributed by atoms with E-state index in [1.54, 1.807) is 0 Å². The highest BCUT2D eigenvalue weighted by Crippen LogP contribution is 2.26. The minimum absolute atomic E-state index is 0.0324. The summed E-state index contributed by atoms with van der Waals surface area (Å²) in [6, 6.07) is 3.00. The molecule has 0 aliphatic carbocycles. The van der Waals surface area contributed by atoms with E-state index in [1.165, 1.54) is 19.2 Å². The third-order valence-corrected chi connectivity index (χ3v) is 2.01. The molecule has 4 heteroatoms. The van der Waals surface area contributed by atoms with Crippen molar-refractivity contribution in [3.63, 3.8) is 0 Å². The molecule has 0 heterocycles. The van der Waals surface area contributed by atoms with E-state index in [-0.39, 0.29) is 16.7 Å². The van der Waals surface area contributed by atoms with Gasteiger partial charge in [-0.2, -0.15) is 0 Å². The summed E-state index contributed by atoms with van der Waals surface area (Å²) in [6.45, 7) is 0. The van der Waals surface area contributed by atoms with Crippen LogP contribution < -0.4 is 4.74 Å². The van der Waals surface area contributed by atoms with Crippen LogP contribution in [-0.4, -0.2) is 7.11 Å². The number of hydrogen-bond acceptors (Lipinski definition) is 1. The van der Waals surface area contributed by atoms with Crippen molar-refractivity contribution in [2.45, 2.75) is 5.88 Å². The molecular weight excluding hydrogens is 202 g/mol. The highest BCUT2D eigenvalue weighted by molar-refractivity contribution is 6.31. The lowest BCUT2D eigenvalue weighted by molar-refractivity contribution is 0.386. The number of rotatable bonds is 2. The van der Waals surface area contributed by atoms with E-state index in [4.69, 9.17) is 27.9 Å². The summed E-state index contributed by atoms with van der Waals surface area (Å²) in [6.07, 6.45) is 0. The van der Waals surface area contributed by atoms with Crippen LogP contribution in [0.25, 0.3) is 0 Å². The van der Waals surface area contributed by atoms with Gasteiger partial charge in [0.2, 0.25) is 0 Å². The zero-order valence-corrected chi connectivity index (χ0v) is 7.92. The van der Waals surface area contributed by atoms with Crippen molar-refractivity contribution in [3.8, 4) is 5.75 Å². The predicted octanol–water partition coefficient (Wildman–Crippen LogP) is 3.23. The maximum atomic E-state index is 13.0. The smallest absolute Gasteiger partial charge is 0.183 e. The molecule has 0 aliphatic heterocycles. The summed E-state index contributed by atoms with van der Waals surface area (Å²) in [5, 5.41) is 0.0324. The molecule has 12 heavy (non-hydrogen) atoms. The molecule has 0 saturated carbocycles. The first-order valence-electron chi connectivity index (χ1n) is 3.27. The highest BCUT2D eigenvalue weighted by Gasteiger charge is 2.08. The Balaban J connectivity index is 3.19. The summed E-state index contributed by atoms with van der Waals surface area (Å²) in [5.74, 6) is -0.137. The maximum Gasteiger partial charge on any atom is 0.183 e. The lowest BCUT2D eigenvalue weighted by Gasteiger charge is -2.04. The molecule has 0 radical (unpaired) electrons. The van der Waals surface area contributed by atoms with Crippen molar-refractivity contribution in [2.24, 2.45) is 0 Å². The van der Waals surface area contributed by atoms with Gasteiger partial charge >= 0.3 is 0 Å². The summed E-state index contributed by atoms with van der Waals surface area (Å²) >= 11 is 11.1. The topological polar surface area (TPSA) is 9.23 Å². The summed E-state index contributed by atoms with van der Waals surface area (Å²) in [7, 11) is 1.38. The fourth-order valence-electron chi connectivity index (χ4n) is 0.843. The van der Waals surface area contributed by atoms with E-state index >= 15 is 0 Å². The summed E-state index contributed by atoms with van der Waals surface area (Å²) in [4.78, 5) is 0. The van der Waals surface area contributed by atoms with Crippen molar-refractivity contribution < 1.29 is 9.13 Å². The standard InChI is InChI=1S/C8H7Cl2FO/c1-12-7-3-5(4-9)2-6(10)8(7)11/h2-3H,4H2,1H3. The van der Waals surface area contributed by atoms with Gasteiger partial charge in [-0.25, -0.2) is 4.39 Å². The molecule has 1 rings (SSSR count). The van der Waals surface area contributed by atoms with E-state index in [0.29, 0.717) is 0 Å².